The third-order valence-electron chi connectivity index (χ3n) is 16.4. The Balaban J connectivity index is 0.907. The van der Waals surface area contributed by atoms with Gasteiger partial charge in [-0.1, -0.05) is 182 Å². The van der Waals surface area contributed by atoms with Crippen molar-refractivity contribution in [2.75, 3.05) is 29.4 Å². The third-order valence-corrected chi connectivity index (χ3v) is 16.4. The summed E-state index contributed by atoms with van der Waals surface area (Å²) in [5, 5.41) is 2.04. The van der Waals surface area contributed by atoms with Crippen LogP contribution in [0.25, 0.3) is 21.9 Å². The molecule has 0 saturated carbocycles. The predicted octanol–water partition coefficient (Wildman–Crippen LogP) is 24.4. The van der Waals surface area contributed by atoms with E-state index in [2.05, 4.69) is 406 Å². The minimum atomic E-state index is 0.769. The maximum Gasteiger partial charge on any atom is 0.137 e. The van der Waals surface area contributed by atoms with Crippen molar-refractivity contribution in [2.45, 2.75) is 0 Å². The van der Waals surface area contributed by atoms with E-state index in [9.17, 15) is 0 Å². The summed E-state index contributed by atoms with van der Waals surface area (Å²) in [7, 11) is 0. The summed E-state index contributed by atoms with van der Waals surface area (Å²) >= 11 is 0. The van der Waals surface area contributed by atoms with Gasteiger partial charge in [-0.05, 0) is 182 Å². The van der Waals surface area contributed by atoms with Crippen LogP contribution in [0.1, 0.15) is 0 Å². The van der Waals surface area contributed by atoms with Gasteiger partial charge in [-0.25, -0.2) is 0 Å². The van der Waals surface area contributed by atoms with Crippen molar-refractivity contribution in [2.24, 2.45) is 0 Å². The molecule has 1 heterocycles. The summed E-state index contributed by atoms with van der Waals surface area (Å²) in [6.07, 6.45) is 0. The second-order valence-corrected chi connectivity index (χ2v) is 22.2. The standard InChI is InChI=1S/C84H62N6O/c1-11-31-63(32-12-1)85(64-33-13-2-14-34-64)75-55-76(86(65-35-15-3-16-36-65)66-37-17-4-18-38-66)58-79(57-75)89(71-47-27-9-28-48-71)73-51-53-81-82-54-52-74(62-84(82)91-83(81)61-73)90(72-49-29-10-30-50-72)80-59-77(87(67-39-19-5-20-40-67)68-41-21-6-22-42-68)56-78(60-80)88(69-43-23-7-24-44-69)70-45-25-8-26-46-70/h1-62H. The van der Waals surface area contributed by atoms with Crippen LogP contribution >= 0.6 is 0 Å². The molecule has 0 fully saturated rings. The van der Waals surface area contributed by atoms with Gasteiger partial charge in [-0.3, -0.25) is 0 Å². The molecule has 0 radical (unpaired) electrons. The molecule has 91 heavy (non-hydrogen) atoms. The van der Waals surface area contributed by atoms with Crippen molar-refractivity contribution in [3.8, 4) is 0 Å². The van der Waals surface area contributed by atoms with E-state index < -0.39 is 0 Å². The van der Waals surface area contributed by atoms with E-state index in [0.717, 1.165) is 124 Å². The first kappa shape index (κ1) is 55.3. The minimum Gasteiger partial charge on any atom is -0.456 e. The Morgan fingerprint density at radius 3 is 0.451 bits per heavy atom. The molecule has 0 atom stereocenters. The summed E-state index contributed by atoms with van der Waals surface area (Å²) in [5.41, 5.74) is 19.6. The maximum absolute atomic E-state index is 7.20. The molecule has 0 amide bonds. The molecule has 14 aromatic carbocycles. The van der Waals surface area contributed by atoms with E-state index in [1.807, 2.05) is 0 Å². The topological polar surface area (TPSA) is 32.6 Å². The zero-order valence-corrected chi connectivity index (χ0v) is 49.9. The number of benzene rings is 14. The highest BCUT2D eigenvalue weighted by Crippen LogP contribution is 2.50. The first-order valence-corrected chi connectivity index (χ1v) is 30.7. The molecule has 0 bridgehead atoms. The van der Waals surface area contributed by atoms with Crippen LogP contribution in [0.4, 0.5) is 102 Å². The number of hydrogen-bond acceptors (Lipinski definition) is 7. The molecule has 434 valence electrons. The van der Waals surface area contributed by atoms with Crippen molar-refractivity contribution in [1.29, 1.82) is 0 Å². The van der Waals surface area contributed by atoms with Crippen LogP contribution in [0.2, 0.25) is 0 Å². The fourth-order valence-electron chi connectivity index (χ4n) is 12.4. The average molecular weight is 1170 g/mol. The van der Waals surface area contributed by atoms with Crippen LogP contribution in [0.3, 0.4) is 0 Å². The quantitative estimate of drug-likeness (QED) is 0.0846. The lowest BCUT2D eigenvalue weighted by atomic mass is 10.1. The molecule has 0 aliphatic rings. The fraction of sp³-hybridized carbons (Fsp3) is 0. The van der Waals surface area contributed by atoms with Gasteiger partial charge in [0.15, 0.2) is 0 Å². The number of furan rings is 1. The Labute approximate surface area is 531 Å². The highest BCUT2D eigenvalue weighted by atomic mass is 16.3. The number of anilines is 18. The molecule has 0 aliphatic heterocycles. The molecule has 0 unspecified atom stereocenters. The zero-order valence-electron chi connectivity index (χ0n) is 49.9. The fourth-order valence-corrected chi connectivity index (χ4v) is 12.4. The second-order valence-electron chi connectivity index (χ2n) is 22.2. The van der Waals surface area contributed by atoms with E-state index in [0.29, 0.717) is 0 Å². The van der Waals surface area contributed by atoms with Crippen molar-refractivity contribution in [3.05, 3.63) is 376 Å². The van der Waals surface area contributed by atoms with Crippen LogP contribution in [-0.2, 0) is 0 Å². The number of fused-ring (bicyclic) bond motifs is 3. The van der Waals surface area contributed by atoms with E-state index in [1.165, 1.54) is 0 Å². The van der Waals surface area contributed by atoms with Crippen molar-refractivity contribution < 1.29 is 4.42 Å². The van der Waals surface area contributed by atoms with Gasteiger partial charge in [-0.15, -0.1) is 0 Å². The normalized spacial score (nSPS) is 11.1. The zero-order chi connectivity index (χ0) is 60.7. The van der Waals surface area contributed by atoms with Crippen molar-refractivity contribution in [1.82, 2.24) is 0 Å². The largest absolute Gasteiger partial charge is 0.456 e. The first-order valence-electron chi connectivity index (χ1n) is 30.7. The molecule has 7 nitrogen and oxygen atoms in total. The molecular weight excluding hydrogens is 1110 g/mol. The van der Waals surface area contributed by atoms with Gasteiger partial charge < -0.3 is 33.8 Å². The Kier molecular flexibility index (Phi) is 15.3. The van der Waals surface area contributed by atoms with Crippen LogP contribution in [0.15, 0.2) is 381 Å². The maximum atomic E-state index is 7.20. The summed E-state index contributed by atoms with van der Waals surface area (Å²) < 4.78 is 7.20. The van der Waals surface area contributed by atoms with Crippen LogP contribution in [0.5, 0.6) is 0 Å². The van der Waals surface area contributed by atoms with Crippen molar-refractivity contribution in [3.63, 3.8) is 0 Å². The summed E-state index contributed by atoms with van der Waals surface area (Å²) in [6, 6.07) is 133. The lowest BCUT2D eigenvalue weighted by Gasteiger charge is -2.33. The minimum absolute atomic E-state index is 0.769. The second kappa shape index (κ2) is 25.2. The monoisotopic (exact) mass is 1170 g/mol. The lowest BCUT2D eigenvalue weighted by molar-refractivity contribution is 0.669. The van der Waals surface area contributed by atoms with Crippen LogP contribution in [-0.4, -0.2) is 0 Å². The first-order chi connectivity index (χ1) is 45.1. The van der Waals surface area contributed by atoms with E-state index in [1.54, 1.807) is 0 Å². The van der Waals surface area contributed by atoms with E-state index >= 15 is 0 Å². The molecule has 7 heteroatoms. The van der Waals surface area contributed by atoms with Gasteiger partial charge in [0.2, 0.25) is 0 Å². The molecule has 15 rings (SSSR count). The number of nitrogens with zero attached hydrogens (tertiary/aromatic N) is 6. The highest BCUT2D eigenvalue weighted by Gasteiger charge is 2.26. The van der Waals surface area contributed by atoms with Gasteiger partial charge in [-0.2, -0.15) is 0 Å². The molecule has 0 N–H and O–H groups in total. The number of para-hydroxylation sites is 10. The molecule has 0 aliphatic carbocycles. The lowest BCUT2D eigenvalue weighted by Crippen LogP contribution is -2.16. The van der Waals surface area contributed by atoms with Gasteiger partial charge in [0, 0.05) is 91.2 Å². The average Bonchev–Trinajstić information content (AvgIpc) is 1.93. The van der Waals surface area contributed by atoms with Gasteiger partial charge >= 0.3 is 0 Å². The predicted molar refractivity (Wildman–Crippen MR) is 382 cm³/mol. The molecule has 1 aromatic heterocycles. The Bertz CT molecular complexity index is 4200. The van der Waals surface area contributed by atoms with Crippen LogP contribution in [0, 0.1) is 0 Å². The Hall–Kier alpha value is -12.3. The highest BCUT2D eigenvalue weighted by molar-refractivity contribution is 6.08. The van der Waals surface area contributed by atoms with Gasteiger partial charge in [0.1, 0.15) is 11.2 Å². The smallest absolute Gasteiger partial charge is 0.137 e. The Morgan fingerprint density at radius 2 is 0.286 bits per heavy atom. The third kappa shape index (κ3) is 11.4. The summed E-state index contributed by atoms with van der Waals surface area (Å²) in [6.45, 7) is 0. The molecular formula is C84H62N6O. The molecule has 0 spiro atoms. The Morgan fingerprint density at radius 1 is 0.132 bits per heavy atom. The van der Waals surface area contributed by atoms with Crippen molar-refractivity contribution >= 4 is 124 Å². The molecule has 15 aromatic rings. The van der Waals surface area contributed by atoms with E-state index in [-0.39, 0.29) is 0 Å². The van der Waals surface area contributed by atoms with Gasteiger partial charge in [0.05, 0.1) is 34.1 Å². The van der Waals surface area contributed by atoms with Crippen LogP contribution < -0.4 is 29.4 Å². The number of rotatable bonds is 18. The number of hydrogen-bond donors (Lipinski definition) is 0. The summed E-state index contributed by atoms with van der Waals surface area (Å²) in [4.78, 5) is 14.0. The molecule has 0 saturated heterocycles. The van der Waals surface area contributed by atoms with E-state index in [4.69, 9.17) is 4.42 Å². The summed E-state index contributed by atoms with van der Waals surface area (Å²) in [5.74, 6) is 0. The van der Waals surface area contributed by atoms with Gasteiger partial charge in [0.25, 0.3) is 0 Å². The SMILES string of the molecule is c1ccc(N(c2ccccc2)c2cc(N(c3ccccc3)c3ccccc3)cc(N(c3ccccc3)c3ccc4c(c3)oc3cc(N(c5ccccc5)c5cc(N(c6ccccc6)c6ccccc6)cc(N(c6ccccc6)c6ccccc6)c5)ccc34)c2)cc1.